The van der Waals surface area contributed by atoms with Crippen LogP contribution in [0.1, 0.15) is 10.4 Å². The van der Waals surface area contributed by atoms with Crippen molar-refractivity contribution in [3.05, 3.63) is 48.0 Å². The van der Waals surface area contributed by atoms with Gasteiger partial charge in [-0.1, -0.05) is 36.4 Å². The van der Waals surface area contributed by atoms with Gasteiger partial charge in [0.25, 0.3) is 5.91 Å². The maximum absolute atomic E-state index is 12.5. The summed E-state index contributed by atoms with van der Waals surface area (Å²) in [6.45, 7) is -0.179. The van der Waals surface area contributed by atoms with Crippen LogP contribution in [-0.4, -0.2) is 35.7 Å². The lowest BCUT2D eigenvalue weighted by atomic mass is 10.0. The molecule has 1 saturated heterocycles. The van der Waals surface area contributed by atoms with Crippen molar-refractivity contribution < 1.29 is 14.4 Å². The maximum atomic E-state index is 12.5. The van der Waals surface area contributed by atoms with Crippen LogP contribution in [0.15, 0.2) is 42.5 Å². The number of rotatable bonds is 1. The van der Waals surface area contributed by atoms with Crippen LogP contribution >= 0.6 is 0 Å². The molecule has 1 fully saturated rings. The highest BCUT2D eigenvalue weighted by molar-refractivity contribution is 6.11. The molecule has 0 bridgehead atoms. The van der Waals surface area contributed by atoms with E-state index in [0.29, 0.717) is 5.56 Å². The molecule has 1 aliphatic heterocycles. The zero-order valence-corrected chi connectivity index (χ0v) is 10.6. The summed E-state index contributed by atoms with van der Waals surface area (Å²) >= 11 is 0. The summed E-state index contributed by atoms with van der Waals surface area (Å²) in [5.41, 5.74) is 0.505. The van der Waals surface area contributed by atoms with Crippen LogP contribution in [0.5, 0.6) is 0 Å². The van der Waals surface area contributed by atoms with E-state index in [0.717, 1.165) is 10.8 Å². The van der Waals surface area contributed by atoms with Crippen LogP contribution in [0.3, 0.4) is 0 Å². The number of carbonyl (C=O) groups excluding carboxylic acids is 3. The number of hydrogen-bond donors (Lipinski definition) is 1. The van der Waals surface area contributed by atoms with Crippen LogP contribution in [0.25, 0.3) is 10.8 Å². The normalized spacial score (nSPS) is 15.3. The van der Waals surface area contributed by atoms with Crippen molar-refractivity contribution in [1.29, 1.82) is 0 Å². The van der Waals surface area contributed by atoms with Crippen molar-refractivity contribution in [2.75, 3.05) is 13.1 Å². The Hall–Kier alpha value is -2.69. The van der Waals surface area contributed by atoms with Crippen molar-refractivity contribution in [3.8, 4) is 0 Å². The van der Waals surface area contributed by atoms with Gasteiger partial charge in [0.05, 0.1) is 0 Å². The Balaban J connectivity index is 2.00. The lowest BCUT2D eigenvalue weighted by Gasteiger charge is -2.25. The first-order chi connectivity index (χ1) is 9.65. The number of benzene rings is 2. The largest absolute Gasteiger partial charge is 0.320 e. The molecule has 1 heterocycles. The van der Waals surface area contributed by atoms with E-state index >= 15 is 0 Å². The summed E-state index contributed by atoms with van der Waals surface area (Å²) in [6.07, 6.45) is 0. The van der Waals surface area contributed by atoms with Gasteiger partial charge in [-0.05, 0) is 16.8 Å². The van der Waals surface area contributed by atoms with Gasteiger partial charge in [-0.25, -0.2) is 0 Å². The fourth-order valence-corrected chi connectivity index (χ4v) is 2.36. The number of imide groups is 1. The Morgan fingerprint density at radius 3 is 2.35 bits per heavy atom. The minimum Gasteiger partial charge on any atom is -0.320 e. The van der Waals surface area contributed by atoms with Crippen molar-refractivity contribution in [1.82, 2.24) is 10.2 Å². The van der Waals surface area contributed by atoms with Crippen molar-refractivity contribution in [2.45, 2.75) is 0 Å². The number of nitrogens with one attached hydrogen (secondary N) is 1. The van der Waals surface area contributed by atoms with E-state index in [1.54, 1.807) is 12.1 Å². The molecule has 1 aliphatic rings. The number of carbonyl (C=O) groups is 3. The van der Waals surface area contributed by atoms with Gasteiger partial charge in [-0.2, -0.15) is 0 Å². The Morgan fingerprint density at radius 1 is 0.950 bits per heavy atom. The van der Waals surface area contributed by atoms with Gasteiger partial charge < -0.3 is 4.90 Å². The molecule has 0 aliphatic carbocycles. The van der Waals surface area contributed by atoms with Gasteiger partial charge in [0, 0.05) is 5.56 Å². The molecule has 0 unspecified atom stereocenters. The second-order valence-electron chi connectivity index (χ2n) is 4.66. The Bertz CT molecular complexity index is 703. The summed E-state index contributed by atoms with van der Waals surface area (Å²) in [5.74, 6) is -1.20. The summed E-state index contributed by atoms with van der Waals surface area (Å²) in [7, 11) is 0. The molecule has 0 saturated carbocycles. The van der Waals surface area contributed by atoms with Crippen molar-refractivity contribution in [2.24, 2.45) is 0 Å². The summed E-state index contributed by atoms with van der Waals surface area (Å²) in [5, 5.41) is 3.95. The van der Waals surface area contributed by atoms with Crippen LogP contribution in [0, 0.1) is 0 Å². The molecular weight excluding hydrogens is 256 g/mol. The molecule has 0 atom stereocenters. The van der Waals surface area contributed by atoms with Gasteiger partial charge in [-0.3, -0.25) is 19.7 Å². The van der Waals surface area contributed by atoms with E-state index in [1.165, 1.54) is 4.90 Å². The molecule has 5 nitrogen and oxygen atoms in total. The molecule has 0 radical (unpaired) electrons. The molecule has 3 rings (SSSR count). The lowest BCUT2D eigenvalue weighted by molar-refractivity contribution is -0.135. The van der Waals surface area contributed by atoms with E-state index in [4.69, 9.17) is 0 Å². The summed E-state index contributed by atoms with van der Waals surface area (Å²) in [6, 6.07) is 12.9. The third-order valence-electron chi connectivity index (χ3n) is 3.26. The Labute approximate surface area is 115 Å². The summed E-state index contributed by atoms with van der Waals surface area (Å²) in [4.78, 5) is 36.5. The van der Waals surface area contributed by atoms with E-state index in [2.05, 4.69) is 5.32 Å². The highest BCUT2D eigenvalue weighted by Crippen LogP contribution is 2.20. The standard InChI is InChI=1S/C15H12N2O3/c18-13-8-17(9-14(19)16-13)15(20)12-7-3-5-10-4-1-2-6-11(10)12/h1-7H,8-9H2,(H,16,18,19). The molecule has 0 spiro atoms. The van der Waals surface area contributed by atoms with E-state index in [-0.39, 0.29) is 19.0 Å². The van der Waals surface area contributed by atoms with Gasteiger partial charge in [0.2, 0.25) is 11.8 Å². The van der Waals surface area contributed by atoms with Crippen LogP contribution < -0.4 is 5.32 Å². The highest BCUT2D eigenvalue weighted by Gasteiger charge is 2.27. The first-order valence-electron chi connectivity index (χ1n) is 6.25. The van der Waals surface area contributed by atoms with Crippen LogP contribution in [0.4, 0.5) is 0 Å². The second kappa shape index (κ2) is 4.77. The number of amides is 3. The number of fused-ring (bicyclic) bond motifs is 1. The van der Waals surface area contributed by atoms with Crippen molar-refractivity contribution >= 4 is 28.5 Å². The zero-order valence-electron chi connectivity index (χ0n) is 10.6. The van der Waals surface area contributed by atoms with Crippen LogP contribution in [0.2, 0.25) is 0 Å². The molecule has 3 amide bonds. The van der Waals surface area contributed by atoms with Gasteiger partial charge in [-0.15, -0.1) is 0 Å². The number of nitrogens with zero attached hydrogens (tertiary/aromatic N) is 1. The monoisotopic (exact) mass is 268 g/mol. The van der Waals surface area contributed by atoms with Gasteiger partial charge in [0.15, 0.2) is 0 Å². The van der Waals surface area contributed by atoms with Gasteiger partial charge in [0.1, 0.15) is 13.1 Å². The molecule has 2 aromatic carbocycles. The number of hydrogen-bond acceptors (Lipinski definition) is 3. The molecule has 100 valence electrons. The van der Waals surface area contributed by atoms with Crippen LogP contribution in [-0.2, 0) is 9.59 Å². The van der Waals surface area contributed by atoms with E-state index in [9.17, 15) is 14.4 Å². The van der Waals surface area contributed by atoms with Crippen molar-refractivity contribution in [3.63, 3.8) is 0 Å². The topological polar surface area (TPSA) is 66.5 Å². The molecule has 1 N–H and O–H groups in total. The maximum Gasteiger partial charge on any atom is 0.255 e. The molecule has 5 heteroatoms. The Kier molecular flexibility index (Phi) is 2.95. The lowest BCUT2D eigenvalue weighted by Crippen LogP contribution is -2.53. The third-order valence-corrected chi connectivity index (χ3v) is 3.26. The minimum atomic E-state index is -0.449. The number of piperazine rings is 1. The molecule has 0 aromatic heterocycles. The average molecular weight is 268 g/mol. The quantitative estimate of drug-likeness (QED) is 0.783. The minimum absolute atomic E-state index is 0.0895. The Morgan fingerprint density at radius 2 is 1.60 bits per heavy atom. The first kappa shape index (κ1) is 12.3. The zero-order chi connectivity index (χ0) is 14.1. The SMILES string of the molecule is O=C1CN(C(=O)c2cccc3ccccc23)CC(=O)N1. The third kappa shape index (κ3) is 2.14. The van der Waals surface area contributed by atoms with E-state index < -0.39 is 11.8 Å². The first-order valence-corrected chi connectivity index (χ1v) is 6.25. The predicted octanol–water partition coefficient (Wildman–Crippen LogP) is 0.938. The van der Waals surface area contributed by atoms with Gasteiger partial charge >= 0.3 is 0 Å². The smallest absolute Gasteiger partial charge is 0.255 e. The van der Waals surface area contributed by atoms with E-state index in [1.807, 2.05) is 30.3 Å². The average Bonchev–Trinajstić information content (AvgIpc) is 2.45. The molecular formula is C15H12N2O3. The fraction of sp³-hybridized carbons (Fsp3) is 0.133. The highest BCUT2D eigenvalue weighted by atomic mass is 16.2. The molecule has 20 heavy (non-hydrogen) atoms. The molecule has 2 aromatic rings. The second-order valence-corrected chi connectivity index (χ2v) is 4.66. The summed E-state index contributed by atoms with van der Waals surface area (Å²) < 4.78 is 0. The fourth-order valence-electron chi connectivity index (χ4n) is 2.36. The predicted molar refractivity (Wildman–Crippen MR) is 73.0 cm³/mol.